The standard InChI is InChI=1S/C6H10O4.2C4H10O3/c1-2-10-6(9)4-3-5(7)8;2*5-1-3-7-4-2-6/h2-4H2,1H3,(H,7,8);2*5-6H,1-4H2. The van der Waals surface area contributed by atoms with Crippen LogP contribution in [0.4, 0.5) is 0 Å². The number of carbonyl (C=O) groups is 2. The normalized spacial score (nSPS) is 9.21. The van der Waals surface area contributed by atoms with Crippen LogP contribution in [0.1, 0.15) is 19.8 Å². The number of carboxylic acids is 1. The minimum atomic E-state index is -0.979. The van der Waals surface area contributed by atoms with E-state index in [2.05, 4.69) is 14.2 Å². The average Bonchev–Trinajstić information content (AvgIpc) is 2.55. The molecular formula is C14H30O10. The molecular weight excluding hydrogens is 328 g/mol. The molecule has 0 atom stereocenters. The van der Waals surface area contributed by atoms with Gasteiger partial charge in [0.15, 0.2) is 0 Å². The molecule has 0 spiro atoms. The van der Waals surface area contributed by atoms with Crippen molar-refractivity contribution in [2.24, 2.45) is 0 Å². The van der Waals surface area contributed by atoms with Crippen molar-refractivity contribution in [2.45, 2.75) is 19.8 Å². The summed E-state index contributed by atoms with van der Waals surface area (Å²) in [5.74, 6) is -1.43. The number of esters is 1. The SMILES string of the molecule is CCOC(=O)CCC(=O)O.OCCOCCO.OCCOCCO. The van der Waals surface area contributed by atoms with Crippen molar-refractivity contribution in [1.82, 2.24) is 0 Å². The van der Waals surface area contributed by atoms with Gasteiger partial charge in [-0.3, -0.25) is 9.59 Å². The number of aliphatic hydroxyl groups excluding tert-OH is 4. The maximum atomic E-state index is 10.5. The minimum absolute atomic E-state index is 0.0278. The third kappa shape index (κ3) is 37.2. The van der Waals surface area contributed by atoms with E-state index in [0.29, 0.717) is 33.0 Å². The van der Waals surface area contributed by atoms with Crippen LogP contribution >= 0.6 is 0 Å². The fourth-order valence-electron chi connectivity index (χ4n) is 0.904. The number of carbonyl (C=O) groups excluding carboxylic acids is 1. The van der Waals surface area contributed by atoms with Crippen LogP contribution in [0.2, 0.25) is 0 Å². The smallest absolute Gasteiger partial charge is 0.306 e. The largest absolute Gasteiger partial charge is 0.481 e. The van der Waals surface area contributed by atoms with Gasteiger partial charge in [-0.2, -0.15) is 0 Å². The van der Waals surface area contributed by atoms with Crippen molar-refractivity contribution in [1.29, 1.82) is 0 Å². The topological polar surface area (TPSA) is 163 Å². The third-order valence-corrected chi connectivity index (χ3v) is 1.79. The monoisotopic (exact) mass is 358 g/mol. The highest BCUT2D eigenvalue weighted by atomic mass is 16.5. The molecule has 0 heterocycles. The van der Waals surface area contributed by atoms with Crippen molar-refractivity contribution in [3.8, 4) is 0 Å². The van der Waals surface area contributed by atoms with E-state index in [4.69, 9.17) is 25.5 Å². The van der Waals surface area contributed by atoms with E-state index >= 15 is 0 Å². The van der Waals surface area contributed by atoms with Crippen LogP contribution in [0.3, 0.4) is 0 Å². The summed E-state index contributed by atoms with van der Waals surface area (Å²) in [6.45, 7) is 3.37. The van der Waals surface area contributed by atoms with E-state index in [1.54, 1.807) is 6.92 Å². The predicted octanol–water partition coefficient (Wildman–Crippen LogP) is -1.61. The molecule has 0 rings (SSSR count). The molecule has 0 radical (unpaired) electrons. The second-order valence-electron chi connectivity index (χ2n) is 3.82. The number of hydrogen-bond acceptors (Lipinski definition) is 9. The Labute approximate surface area is 141 Å². The number of hydrogen-bond donors (Lipinski definition) is 5. The summed E-state index contributed by atoms with van der Waals surface area (Å²) in [5.41, 5.74) is 0. The molecule has 0 saturated heterocycles. The van der Waals surface area contributed by atoms with Gasteiger partial charge in [-0.05, 0) is 6.92 Å². The Balaban J connectivity index is -0.000000283. The molecule has 0 unspecified atom stereocenters. The molecule has 0 fully saturated rings. The highest BCUT2D eigenvalue weighted by Crippen LogP contribution is 1.91. The Hall–Kier alpha value is -1.30. The van der Waals surface area contributed by atoms with Gasteiger partial charge < -0.3 is 39.7 Å². The average molecular weight is 358 g/mol. The van der Waals surface area contributed by atoms with Gasteiger partial charge in [0.05, 0.1) is 72.3 Å². The van der Waals surface area contributed by atoms with E-state index in [0.717, 1.165) is 0 Å². The van der Waals surface area contributed by atoms with Gasteiger partial charge >= 0.3 is 11.9 Å². The summed E-state index contributed by atoms with van der Waals surface area (Å²) in [4.78, 5) is 20.4. The summed E-state index contributed by atoms with van der Waals surface area (Å²) >= 11 is 0. The molecule has 5 N–H and O–H groups in total. The molecule has 146 valence electrons. The van der Waals surface area contributed by atoms with Gasteiger partial charge in [-0.1, -0.05) is 0 Å². The second-order valence-corrected chi connectivity index (χ2v) is 3.82. The molecule has 10 nitrogen and oxygen atoms in total. The van der Waals surface area contributed by atoms with E-state index < -0.39 is 11.9 Å². The highest BCUT2D eigenvalue weighted by molar-refractivity contribution is 5.76. The molecule has 0 bridgehead atoms. The molecule has 24 heavy (non-hydrogen) atoms. The van der Waals surface area contributed by atoms with Crippen LogP contribution in [-0.4, -0.2) is 96.9 Å². The third-order valence-electron chi connectivity index (χ3n) is 1.79. The molecule has 0 saturated carbocycles. The fourth-order valence-corrected chi connectivity index (χ4v) is 0.904. The first-order chi connectivity index (χ1) is 11.5. The highest BCUT2D eigenvalue weighted by Gasteiger charge is 2.04. The van der Waals surface area contributed by atoms with E-state index in [1.165, 1.54) is 0 Å². The zero-order valence-electron chi connectivity index (χ0n) is 14.1. The minimum Gasteiger partial charge on any atom is -0.481 e. The lowest BCUT2D eigenvalue weighted by Crippen LogP contribution is -2.06. The zero-order valence-corrected chi connectivity index (χ0v) is 14.1. The molecule has 0 aliphatic heterocycles. The lowest BCUT2D eigenvalue weighted by molar-refractivity contribution is -0.147. The quantitative estimate of drug-likeness (QED) is 0.202. The predicted molar refractivity (Wildman–Crippen MR) is 83.5 cm³/mol. The van der Waals surface area contributed by atoms with E-state index in [-0.39, 0.29) is 39.3 Å². The van der Waals surface area contributed by atoms with Gasteiger partial charge in [0.25, 0.3) is 0 Å². The van der Waals surface area contributed by atoms with Gasteiger partial charge in [0.1, 0.15) is 0 Å². The summed E-state index contributed by atoms with van der Waals surface area (Å²) < 4.78 is 13.8. The lowest BCUT2D eigenvalue weighted by Gasteiger charge is -1.97. The Kier molecular flexibility index (Phi) is 30.5. The first-order valence-electron chi connectivity index (χ1n) is 7.46. The van der Waals surface area contributed by atoms with Crippen LogP contribution in [-0.2, 0) is 23.8 Å². The summed E-state index contributed by atoms with van der Waals surface area (Å²) in [7, 11) is 0. The van der Waals surface area contributed by atoms with Gasteiger partial charge in [-0.15, -0.1) is 0 Å². The van der Waals surface area contributed by atoms with Crippen LogP contribution < -0.4 is 0 Å². The number of carboxylic acid groups (broad SMARTS) is 1. The van der Waals surface area contributed by atoms with Crippen LogP contribution in [0, 0.1) is 0 Å². The number of rotatable bonds is 12. The Morgan fingerprint density at radius 2 is 1.12 bits per heavy atom. The van der Waals surface area contributed by atoms with Crippen molar-refractivity contribution < 1.29 is 49.3 Å². The van der Waals surface area contributed by atoms with Crippen molar-refractivity contribution >= 4 is 11.9 Å². The van der Waals surface area contributed by atoms with Crippen LogP contribution in [0.15, 0.2) is 0 Å². The maximum Gasteiger partial charge on any atom is 0.306 e. The van der Waals surface area contributed by atoms with E-state index in [1.807, 2.05) is 0 Å². The van der Waals surface area contributed by atoms with Crippen molar-refractivity contribution in [3.63, 3.8) is 0 Å². The van der Waals surface area contributed by atoms with Crippen molar-refractivity contribution in [2.75, 3.05) is 59.5 Å². The van der Waals surface area contributed by atoms with Gasteiger partial charge in [0, 0.05) is 0 Å². The number of aliphatic carboxylic acids is 1. The zero-order chi connectivity index (χ0) is 19.1. The molecule has 10 heteroatoms. The Morgan fingerprint density at radius 1 is 0.750 bits per heavy atom. The maximum absolute atomic E-state index is 10.5. The molecule has 0 aromatic rings. The molecule has 0 aliphatic carbocycles. The number of ether oxygens (including phenoxy) is 3. The first-order valence-corrected chi connectivity index (χ1v) is 7.46. The van der Waals surface area contributed by atoms with Gasteiger partial charge in [0.2, 0.25) is 0 Å². The number of aliphatic hydroxyl groups is 4. The van der Waals surface area contributed by atoms with E-state index in [9.17, 15) is 9.59 Å². The molecule has 0 aromatic heterocycles. The van der Waals surface area contributed by atoms with Crippen LogP contribution in [0.5, 0.6) is 0 Å². The van der Waals surface area contributed by atoms with Crippen molar-refractivity contribution in [3.05, 3.63) is 0 Å². The first kappa shape index (κ1) is 27.5. The summed E-state index contributed by atoms with van der Waals surface area (Å²) in [6.07, 6.45) is -0.192. The van der Waals surface area contributed by atoms with Crippen LogP contribution in [0.25, 0.3) is 0 Å². The molecule has 0 aromatic carbocycles. The fraction of sp³-hybridized carbons (Fsp3) is 0.857. The Morgan fingerprint density at radius 3 is 1.38 bits per heavy atom. The van der Waals surface area contributed by atoms with Gasteiger partial charge in [-0.25, -0.2) is 0 Å². The molecule has 0 aliphatic rings. The summed E-state index contributed by atoms with van der Waals surface area (Å²) in [6, 6.07) is 0. The Bertz CT molecular complexity index is 242. The lowest BCUT2D eigenvalue weighted by atomic mass is 10.3. The second kappa shape index (κ2) is 26.6. The molecule has 0 amide bonds. The summed E-state index contributed by atoms with van der Waals surface area (Å²) in [5, 5.41) is 40.5.